The highest BCUT2D eigenvalue weighted by Gasteiger charge is 2.29. The van der Waals surface area contributed by atoms with Crippen LogP contribution in [0.4, 0.5) is 9.93 Å². The summed E-state index contributed by atoms with van der Waals surface area (Å²) in [7, 11) is 0. The third kappa shape index (κ3) is 3.57. The van der Waals surface area contributed by atoms with Gasteiger partial charge in [-0.15, -0.1) is 10.2 Å². The highest BCUT2D eigenvalue weighted by molar-refractivity contribution is 7.15. The van der Waals surface area contributed by atoms with Crippen molar-refractivity contribution in [2.75, 3.05) is 18.5 Å². The number of aliphatic hydroxyl groups is 1. The third-order valence-electron chi connectivity index (χ3n) is 4.41. The van der Waals surface area contributed by atoms with E-state index in [4.69, 9.17) is 0 Å². The molecule has 6 nitrogen and oxygen atoms in total. The lowest BCUT2D eigenvalue weighted by Gasteiger charge is -2.22. The molecule has 2 N–H and O–H groups in total. The summed E-state index contributed by atoms with van der Waals surface area (Å²) >= 11 is 1.41. The number of nitrogens with zero attached hydrogens (tertiary/aromatic N) is 3. The Bertz CT molecular complexity index is 676. The van der Waals surface area contributed by atoms with Crippen LogP contribution >= 0.6 is 11.3 Å². The minimum atomic E-state index is -0.206. The quantitative estimate of drug-likeness (QED) is 0.872. The lowest BCUT2D eigenvalue weighted by Crippen LogP contribution is -2.40. The Hall–Kier alpha value is -1.99. The molecule has 1 unspecified atom stereocenters. The summed E-state index contributed by atoms with van der Waals surface area (Å²) in [4.78, 5) is 14.0. The van der Waals surface area contributed by atoms with E-state index >= 15 is 0 Å². The lowest BCUT2D eigenvalue weighted by atomic mass is 9.97. The number of carbonyl (C=O) groups excluding carboxylic acids is 1. The van der Waals surface area contributed by atoms with Gasteiger partial charge in [-0.25, -0.2) is 4.79 Å². The molecule has 1 aromatic carbocycles. The minimum Gasteiger partial charge on any atom is -0.394 e. The average molecular weight is 346 g/mol. The van der Waals surface area contributed by atoms with Crippen LogP contribution < -0.4 is 5.32 Å². The molecule has 2 amide bonds. The molecule has 0 saturated carbocycles. The smallest absolute Gasteiger partial charge is 0.324 e. The molecule has 1 fully saturated rings. The van der Waals surface area contributed by atoms with Crippen LogP contribution in [0, 0.1) is 0 Å². The van der Waals surface area contributed by atoms with Gasteiger partial charge in [-0.05, 0) is 24.8 Å². The molecule has 0 radical (unpaired) electrons. The molecule has 3 rings (SSSR count). The summed E-state index contributed by atoms with van der Waals surface area (Å²) in [6.07, 6.45) is 2.69. The molecule has 1 aromatic heterocycles. The number of anilines is 1. The molecule has 2 heterocycles. The van der Waals surface area contributed by atoms with Crippen LogP contribution in [-0.2, 0) is 0 Å². The number of likely N-dealkylation sites (tertiary alicyclic amines) is 1. The number of benzene rings is 1. The normalized spacial score (nSPS) is 18.6. The van der Waals surface area contributed by atoms with Crippen molar-refractivity contribution < 1.29 is 9.90 Å². The van der Waals surface area contributed by atoms with Crippen LogP contribution in [-0.4, -0.2) is 45.4 Å². The molecule has 2 atom stereocenters. The summed E-state index contributed by atoms with van der Waals surface area (Å²) in [5, 5.41) is 22.0. The summed E-state index contributed by atoms with van der Waals surface area (Å²) in [6.45, 7) is 2.79. The van der Waals surface area contributed by atoms with E-state index < -0.39 is 0 Å². The maximum Gasteiger partial charge on any atom is 0.324 e. The minimum absolute atomic E-state index is 0.000699. The Balaban J connectivity index is 1.70. The number of aromatic nitrogens is 2. The second kappa shape index (κ2) is 7.72. The second-order valence-corrected chi connectivity index (χ2v) is 6.93. The van der Waals surface area contributed by atoms with Gasteiger partial charge in [0.25, 0.3) is 0 Å². The van der Waals surface area contributed by atoms with E-state index in [9.17, 15) is 9.90 Å². The van der Waals surface area contributed by atoms with E-state index in [1.54, 1.807) is 4.90 Å². The van der Waals surface area contributed by atoms with E-state index in [2.05, 4.69) is 34.6 Å². The van der Waals surface area contributed by atoms with Crippen molar-refractivity contribution in [1.29, 1.82) is 0 Å². The average Bonchev–Trinajstić information content (AvgIpc) is 3.26. The van der Waals surface area contributed by atoms with Crippen LogP contribution in [0.25, 0.3) is 0 Å². The first-order chi connectivity index (χ1) is 11.7. The van der Waals surface area contributed by atoms with Crippen molar-refractivity contribution >= 4 is 22.5 Å². The van der Waals surface area contributed by atoms with Gasteiger partial charge in [-0.3, -0.25) is 5.32 Å². The van der Waals surface area contributed by atoms with Gasteiger partial charge in [-0.2, -0.15) is 0 Å². The first-order valence-electron chi connectivity index (χ1n) is 8.29. The summed E-state index contributed by atoms with van der Waals surface area (Å²) in [5.74, 6) is 0.186. The number of urea groups is 1. The van der Waals surface area contributed by atoms with Gasteiger partial charge in [0.2, 0.25) is 5.13 Å². The maximum absolute atomic E-state index is 12.3. The lowest BCUT2D eigenvalue weighted by molar-refractivity contribution is 0.166. The molecule has 1 saturated heterocycles. The zero-order chi connectivity index (χ0) is 16.9. The number of amides is 2. The molecule has 2 aromatic rings. The molecular weight excluding hydrogens is 324 g/mol. The van der Waals surface area contributed by atoms with Gasteiger partial charge in [0.1, 0.15) is 5.01 Å². The molecule has 7 heteroatoms. The van der Waals surface area contributed by atoms with Crippen molar-refractivity contribution in [3.05, 3.63) is 40.9 Å². The van der Waals surface area contributed by atoms with Crippen LogP contribution in [0.1, 0.15) is 42.7 Å². The summed E-state index contributed by atoms with van der Waals surface area (Å²) in [5.41, 5.74) is 1.20. The monoisotopic (exact) mass is 346 g/mol. The molecule has 24 heavy (non-hydrogen) atoms. The number of nitrogens with one attached hydrogen (secondary N) is 1. The molecule has 0 spiro atoms. The first-order valence-corrected chi connectivity index (χ1v) is 9.11. The van der Waals surface area contributed by atoms with Crippen molar-refractivity contribution in [2.45, 2.75) is 38.1 Å². The number of carbonyl (C=O) groups is 1. The van der Waals surface area contributed by atoms with Crippen molar-refractivity contribution in [3.8, 4) is 0 Å². The molecule has 128 valence electrons. The fourth-order valence-corrected chi connectivity index (χ4v) is 4.07. The van der Waals surface area contributed by atoms with Crippen molar-refractivity contribution in [2.24, 2.45) is 0 Å². The Morgan fingerprint density at radius 2 is 2.21 bits per heavy atom. The predicted octanol–water partition coefficient (Wildman–Crippen LogP) is 3.07. The fraction of sp³-hybridized carbons (Fsp3) is 0.471. The van der Waals surface area contributed by atoms with Crippen molar-refractivity contribution in [3.63, 3.8) is 0 Å². The van der Waals surface area contributed by atoms with Crippen LogP contribution in [0.15, 0.2) is 30.3 Å². The molecule has 1 aliphatic rings. The highest BCUT2D eigenvalue weighted by atomic mass is 32.1. The van der Waals surface area contributed by atoms with E-state index in [1.165, 1.54) is 16.9 Å². The van der Waals surface area contributed by atoms with E-state index in [0.29, 0.717) is 11.7 Å². The molecule has 0 bridgehead atoms. The number of hydrogen-bond acceptors (Lipinski definition) is 5. The van der Waals surface area contributed by atoms with Gasteiger partial charge < -0.3 is 10.0 Å². The van der Waals surface area contributed by atoms with Gasteiger partial charge in [0.05, 0.1) is 12.6 Å². The molecule has 1 aliphatic heterocycles. The zero-order valence-corrected chi connectivity index (χ0v) is 14.5. The second-order valence-electron chi connectivity index (χ2n) is 5.92. The molecular formula is C17H22N4O2S. The zero-order valence-electron chi connectivity index (χ0n) is 13.7. The van der Waals surface area contributed by atoms with E-state index in [1.807, 2.05) is 18.2 Å². The number of aliphatic hydroxyl groups excluding tert-OH is 1. The van der Waals surface area contributed by atoms with Crippen LogP contribution in [0.5, 0.6) is 0 Å². The van der Waals surface area contributed by atoms with Gasteiger partial charge >= 0.3 is 6.03 Å². The Morgan fingerprint density at radius 3 is 2.92 bits per heavy atom. The summed E-state index contributed by atoms with van der Waals surface area (Å²) < 4.78 is 0. The highest BCUT2D eigenvalue weighted by Crippen LogP contribution is 2.31. The van der Waals surface area contributed by atoms with Gasteiger partial charge in [0, 0.05) is 12.5 Å². The van der Waals surface area contributed by atoms with Crippen LogP contribution in [0.3, 0.4) is 0 Å². The summed E-state index contributed by atoms with van der Waals surface area (Å²) in [6, 6.07) is 9.91. The third-order valence-corrected chi connectivity index (χ3v) is 5.36. The number of rotatable bonds is 5. The van der Waals surface area contributed by atoms with E-state index in [-0.39, 0.29) is 24.6 Å². The fourth-order valence-electron chi connectivity index (χ4n) is 3.12. The van der Waals surface area contributed by atoms with Gasteiger partial charge in [-0.1, -0.05) is 48.6 Å². The Labute approximate surface area is 145 Å². The topological polar surface area (TPSA) is 78.4 Å². The standard InChI is InChI=1S/C17H22N4O2S/c1-2-14(12-7-4-3-5-8-12)15-19-20-16(24-15)18-17(23)21-10-6-9-13(21)11-22/h3-5,7-8,13-14,22H,2,6,9-11H2,1H3,(H,18,20,23)/t13-,14?/m0/s1. The Morgan fingerprint density at radius 1 is 1.42 bits per heavy atom. The number of hydrogen-bond donors (Lipinski definition) is 2. The Kier molecular flexibility index (Phi) is 5.42. The maximum atomic E-state index is 12.3. The van der Waals surface area contributed by atoms with E-state index in [0.717, 1.165) is 24.3 Å². The van der Waals surface area contributed by atoms with Gasteiger partial charge in [0.15, 0.2) is 0 Å². The predicted molar refractivity (Wildman–Crippen MR) is 94.3 cm³/mol. The van der Waals surface area contributed by atoms with Crippen LogP contribution in [0.2, 0.25) is 0 Å². The molecule has 0 aliphatic carbocycles. The van der Waals surface area contributed by atoms with Crippen molar-refractivity contribution in [1.82, 2.24) is 15.1 Å². The SMILES string of the molecule is CCC(c1ccccc1)c1nnc(NC(=O)N2CCC[C@H]2CO)s1. The first kappa shape index (κ1) is 16.9. The largest absolute Gasteiger partial charge is 0.394 e.